The lowest BCUT2D eigenvalue weighted by Crippen LogP contribution is -2.49. The summed E-state index contributed by atoms with van der Waals surface area (Å²) in [6.45, 7) is 4.39. The zero-order chi connectivity index (χ0) is 33.7. The lowest BCUT2D eigenvalue weighted by atomic mass is 10.0. The number of halogens is 1. The van der Waals surface area contributed by atoms with E-state index in [2.05, 4.69) is 4.98 Å². The summed E-state index contributed by atoms with van der Waals surface area (Å²) in [5, 5.41) is -1.79. The van der Waals surface area contributed by atoms with Crippen molar-refractivity contribution in [3.63, 3.8) is 0 Å². The van der Waals surface area contributed by atoms with Crippen LogP contribution in [0, 0.1) is 5.82 Å². The first-order valence-corrected chi connectivity index (χ1v) is 15.7. The molecule has 3 heterocycles. The molecule has 1 aliphatic rings. The van der Waals surface area contributed by atoms with E-state index in [1.165, 1.54) is 27.4 Å². The van der Waals surface area contributed by atoms with Crippen LogP contribution in [0.15, 0.2) is 65.7 Å². The molecule has 1 amide bonds. The summed E-state index contributed by atoms with van der Waals surface area (Å²) in [6, 6.07) is 12.5. The summed E-state index contributed by atoms with van der Waals surface area (Å²) in [5.41, 5.74) is -0.0694. The van der Waals surface area contributed by atoms with Crippen molar-refractivity contribution in [2.75, 3.05) is 20.2 Å². The number of aldehydes is 1. The van der Waals surface area contributed by atoms with E-state index in [1.54, 1.807) is 29.2 Å². The van der Waals surface area contributed by atoms with Crippen molar-refractivity contribution < 1.29 is 37.8 Å². The molecule has 0 saturated carbocycles. The molecule has 0 spiro atoms. The molecule has 1 fully saturated rings. The van der Waals surface area contributed by atoms with Crippen molar-refractivity contribution in [1.82, 2.24) is 18.9 Å². The van der Waals surface area contributed by atoms with Gasteiger partial charge in [0.15, 0.2) is 5.69 Å². The first-order chi connectivity index (χ1) is 22.6. The van der Waals surface area contributed by atoms with E-state index >= 15 is 0 Å². The largest absolute Gasteiger partial charge is 0.481 e. The molecule has 3 unspecified atom stereocenters. The summed E-state index contributed by atoms with van der Waals surface area (Å²) >= 11 is 0.582. The van der Waals surface area contributed by atoms with Crippen LogP contribution in [0.1, 0.15) is 45.8 Å². The number of morpholine rings is 1. The average Bonchev–Trinajstić information content (AvgIpc) is 3.46. The fourth-order valence-electron chi connectivity index (χ4n) is 5.36. The fourth-order valence-corrected chi connectivity index (χ4v) is 6.20. The van der Waals surface area contributed by atoms with Crippen molar-refractivity contribution in [2.24, 2.45) is 0 Å². The number of rotatable bonds is 11. The van der Waals surface area contributed by atoms with Gasteiger partial charge >= 0.3 is 11.5 Å². The molecule has 1 saturated heterocycles. The van der Waals surface area contributed by atoms with E-state index in [-0.39, 0.29) is 60.5 Å². The Morgan fingerprint density at radius 1 is 1.11 bits per heavy atom. The van der Waals surface area contributed by atoms with Gasteiger partial charge in [-0.05, 0) is 43.5 Å². The number of thioether (sulfide) groups is 1. The lowest BCUT2D eigenvalue weighted by Gasteiger charge is -2.35. The van der Waals surface area contributed by atoms with E-state index in [0.717, 1.165) is 24.8 Å². The maximum Gasteiger partial charge on any atom is 0.338 e. The van der Waals surface area contributed by atoms with Crippen molar-refractivity contribution in [3.05, 3.63) is 99.5 Å². The van der Waals surface area contributed by atoms with Crippen LogP contribution in [0.5, 0.6) is 5.75 Å². The number of aromatic nitrogens is 3. The van der Waals surface area contributed by atoms with Gasteiger partial charge in [0, 0.05) is 25.5 Å². The maximum absolute atomic E-state index is 13.9. The minimum atomic E-state index is -1.04. The molecule has 2 aromatic heterocycles. The number of imidazole rings is 1. The van der Waals surface area contributed by atoms with Crippen LogP contribution >= 0.6 is 11.8 Å². The summed E-state index contributed by atoms with van der Waals surface area (Å²) in [4.78, 5) is 71.4. The fraction of sp³-hybridized carbons (Fsp3) is 0.333. The number of ether oxygens (including phenoxy) is 3. The topological polar surface area (TPSA) is 139 Å². The Labute approximate surface area is 273 Å². The third-order valence-electron chi connectivity index (χ3n) is 7.51. The minimum absolute atomic E-state index is 0.0304. The number of nitrogens with zero attached hydrogens (tertiary/aromatic N) is 4. The van der Waals surface area contributed by atoms with E-state index < -0.39 is 27.7 Å². The summed E-state index contributed by atoms with van der Waals surface area (Å²) in [5.74, 6) is -1.98. The molecule has 0 bridgehead atoms. The highest BCUT2D eigenvalue weighted by atomic mass is 32.2. The highest BCUT2D eigenvalue weighted by Crippen LogP contribution is 2.26. The zero-order valence-corrected chi connectivity index (χ0v) is 26.8. The van der Waals surface area contributed by atoms with Crippen LogP contribution in [0.3, 0.4) is 0 Å². The van der Waals surface area contributed by atoms with Crippen molar-refractivity contribution in [3.8, 4) is 5.75 Å². The van der Waals surface area contributed by atoms with Crippen molar-refractivity contribution in [1.29, 1.82) is 0 Å². The molecule has 12 nitrogen and oxygen atoms in total. The molecular formula is C33H33FN4O8S. The first kappa shape index (κ1) is 33.5. The minimum Gasteiger partial charge on any atom is -0.481 e. The Hall–Kier alpha value is -4.82. The predicted molar refractivity (Wildman–Crippen MR) is 170 cm³/mol. The molecule has 2 aromatic carbocycles. The van der Waals surface area contributed by atoms with Crippen LogP contribution in [0.4, 0.5) is 4.39 Å². The average molecular weight is 665 g/mol. The number of carbonyl (C=O) groups is 4. The van der Waals surface area contributed by atoms with E-state index in [1.807, 2.05) is 19.9 Å². The standard InChI is InChI=1S/C33H33FN4O8S/c1-20-15-37(16-21(2)46-20)27(40)17-36-11-12-38-30(41)29(45-19-22-7-5-4-6-8-22)28(35-33(36)38)32(43)47-25(18-39)13-23-9-10-24(34)14-26(23)31(42)44-3/h4-12,14,18,20-21,25H,13,15-17,19H2,1-3H3. The molecule has 4 aromatic rings. The molecule has 0 N–H and O–H groups in total. The predicted octanol–water partition coefficient (Wildman–Crippen LogP) is 3.32. The van der Waals surface area contributed by atoms with Gasteiger partial charge in [0.2, 0.25) is 22.5 Å². The Balaban J connectivity index is 1.47. The molecule has 3 atom stereocenters. The van der Waals surface area contributed by atoms with E-state index in [0.29, 0.717) is 36.7 Å². The summed E-state index contributed by atoms with van der Waals surface area (Å²) in [7, 11) is 1.15. The van der Waals surface area contributed by atoms with Gasteiger partial charge in [0.25, 0.3) is 0 Å². The second-order valence-corrected chi connectivity index (χ2v) is 12.3. The number of benzene rings is 2. The number of amides is 1. The Morgan fingerprint density at radius 2 is 1.83 bits per heavy atom. The van der Waals surface area contributed by atoms with Crippen LogP contribution in [0.2, 0.25) is 0 Å². The van der Waals surface area contributed by atoms with Gasteiger partial charge in [-0.25, -0.2) is 18.6 Å². The SMILES string of the molecule is COC(=O)c1cc(F)ccc1CC(C=O)SC(=O)c1nc2n(CC(=O)N3CC(C)OC(C)C3)ccn2c(=O)c1OCc1ccccc1. The van der Waals surface area contributed by atoms with Crippen molar-refractivity contribution in [2.45, 2.75) is 50.9 Å². The maximum atomic E-state index is 13.9. The van der Waals surface area contributed by atoms with Crippen LogP contribution in [-0.2, 0) is 38.6 Å². The molecular weight excluding hydrogens is 631 g/mol. The number of hydrogen-bond acceptors (Lipinski definition) is 10. The monoisotopic (exact) mass is 664 g/mol. The normalized spacial score (nSPS) is 16.9. The van der Waals surface area contributed by atoms with E-state index in [4.69, 9.17) is 14.2 Å². The smallest absolute Gasteiger partial charge is 0.338 e. The molecule has 0 radical (unpaired) electrons. The lowest BCUT2D eigenvalue weighted by molar-refractivity contribution is -0.143. The molecule has 14 heteroatoms. The van der Waals surface area contributed by atoms with Crippen LogP contribution in [-0.4, -0.2) is 79.8 Å². The van der Waals surface area contributed by atoms with Gasteiger partial charge in [-0.3, -0.25) is 14.4 Å². The van der Waals surface area contributed by atoms with Gasteiger partial charge in [-0.1, -0.05) is 48.2 Å². The van der Waals surface area contributed by atoms with Gasteiger partial charge in [-0.15, -0.1) is 0 Å². The number of carbonyl (C=O) groups excluding carboxylic acids is 4. The molecule has 0 aliphatic carbocycles. The second-order valence-electron chi connectivity index (χ2n) is 11.1. The number of hydrogen-bond donors (Lipinski definition) is 0. The molecule has 1 aliphatic heterocycles. The Morgan fingerprint density at radius 3 is 2.51 bits per heavy atom. The Kier molecular flexibility index (Phi) is 10.5. The van der Waals surface area contributed by atoms with Crippen LogP contribution < -0.4 is 10.3 Å². The van der Waals surface area contributed by atoms with Crippen molar-refractivity contribution >= 4 is 40.8 Å². The third kappa shape index (κ3) is 7.77. The number of fused-ring (bicyclic) bond motifs is 1. The van der Waals surface area contributed by atoms with Gasteiger partial charge in [-0.2, -0.15) is 0 Å². The highest BCUT2D eigenvalue weighted by Gasteiger charge is 2.29. The van der Waals surface area contributed by atoms with E-state index in [9.17, 15) is 28.4 Å². The van der Waals surface area contributed by atoms with Gasteiger partial charge < -0.3 is 28.5 Å². The molecule has 5 rings (SSSR count). The molecule has 47 heavy (non-hydrogen) atoms. The molecule has 246 valence electrons. The second kappa shape index (κ2) is 14.7. The quantitative estimate of drug-likeness (QED) is 0.173. The van der Waals surface area contributed by atoms with Gasteiger partial charge in [0.1, 0.15) is 25.3 Å². The van der Waals surface area contributed by atoms with Crippen LogP contribution in [0.25, 0.3) is 5.78 Å². The number of methoxy groups -OCH3 is 1. The number of esters is 1. The summed E-state index contributed by atoms with van der Waals surface area (Å²) < 4.78 is 32.9. The zero-order valence-electron chi connectivity index (χ0n) is 26.0. The first-order valence-electron chi connectivity index (χ1n) is 14.8. The van der Waals surface area contributed by atoms with Gasteiger partial charge in [0.05, 0.1) is 30.1 Å². The summed E-state index contributed by atoms with van der Waals surface area (Å²) in [6.07, 6.45) is 3.09. The Bertz CT molecular complexity index is 1850. The third-order valence-corrected chi connectivity index (χ3v) is 8.50. The highest BCUT2D eigenvalue weighted by molar-refractivity contribution is 8.15.